The van der Waals surface area contributed by atoms with E-state index in [9.17, 15) is 0 Å². The average Bonchev–Trinajstić information content (AvgIpc) is 2.03. The van der Waals surface area contributed by atoms with Crippen molar-refractivity contribution in [1.82, 2.24) is 0 Å². The van der Waals surface area contributed by atoms with E-state index in [1.54, 1.807) is 0 Å². The van der Waals surface area contributed by atoms with E-state index in [0.717, 1.165) is 12.8 Å². The van der Waals surface area contributed by atoms with Gasteiger partial charge >= 0.3 is 0 Å². The van der Waals surface area contributed by atoms with Gasteiger partial charge in [-0.05, 0) is 18.4 Å². The smallest absolute Gasteiger partial charge is 0.0765 e. The number of aryl methyl sites for hydroxylation is 1. The normalized spacial score (nSPS) is 9.55. The van der Waals surface area contributed by atoms with Gasteiger partial charge in [0.05, 0.1) is 4.32 Å². The lowest BCUT2D eigenvalue weighted by molar-refractivity contribution is 1.06. The first-order valence-electron chi connectivity index (χ1n) is 3.51. The molecule has 1 aromatic carbocycles. The van der Waals surface area contributed by atoms with Crippen molar-refractivity contribution in [3.8, 4) is 0 Å². The third-order valence-corrected chi connectivity index (χ3v) is 1.85. The maximum absolute atomic E-state index is 5.56. The Morgan fingerprint density at radius 3 is 2.45 bits per heavy atom. The SMILES string of the molecule is S=C(Cl)CCc1ccccc1. The van der Waals surface area contributed by atoms with Crippen LogP contribution < -0.4 is 0 Å². The van der Waals surface area contributed by atoms with Gasteiger partial charge in [-0.25, -0.2) is 0 Å². The Morgan fingerprint density at radius 1 is 1.27 bits per heavy atom. The minimum Gasteiger partial charge on any atom is -0.0765 e. The van der Waals surface area contributed by atoms with Crippen molar-refractivity contribution < 1.29 is 0 Å². The molecule has 0 N–H and O–H groups in total. The van der Waals surface area contributed by atoms with Crippen LogP contribution >= 0.6 is 23.8 Å². The van der Waals surface area contributed by atoms with Gasteiger partial charge in [0.15, 0.2) is 0 Å². The summed E-state index contributed by atoms with van der Waals surface area (Å²) in [5, 5.41) is 0. The van der Waals surface area contributed by atoms with E-state index in [1.807, 2.05) is 18.2 Å². The third kappa shape index (κ3) is 3.49. The molecule has 1 rings (SSSR count). The summed E-state index contributed by atoms with van der Waals surface area (Å²) in [6, 6.07) is 10.2. The van der Waals surface area contributed by atoms with Crippen LogP contribution in [0.5, 0.6) is 0 Å². The number of rotatable bonds is 3. The molecule has 0 nitrogen and oxygen atoms in total. The Morgan fingerprint density at radius 2 is 1.91 bits per heavy atom. The summed E-state index contributed by atoms with van der Waals surface area (Å²) in [5.74, 6) is 0. The van der Waals surface area contributed by atoms with Gasteiger partial charge in [-0.1, -0.05) is 54.2 Å². The van der Waals surface area contributed by atoms with Gasteiger partial charge in [-0.3, -0.25) is 0 Å². The highest BCUT2D eigenvalue weighted by molar-refractivity contribution is 7.83. The molecule has 0 saturated heterocycles. The summed E-state index contributed by atoms with van der Waals surface area (Å²) in [4.78, 5) is 0. The Balaban J connectivity index is 2.45. The van der Waals surface area contributed by atoms with E-state index in [4.69, 9.17) is 23.8 Å². The average molecular weight is 185 g/mol. The van der Waals surface area contributed by atoms with E-state index in [0.29, 0.717) is 4.32 Å². The van der Waals surface area contributed by atoms with Crippen LogP contribution in [-0.4, -0.2) is 4.32 Å². The van der Waals surface area contributed by atoms with E-state index in [1.165, 1.54) is 5.56 Å². The fourth-order valence-corrected chi connectivity index (χ4v) is 1.08. The van der Waals surface area contributed by atoms with Gasteiger partial charge in [0.1, 0.15) is 0 Å². The molecule has 0 saturated carbocycles. The van der Waals surface area contributed by atoms with Crippen molar-refractivity contribution in [2.24, 2.45) is 0 Å². The number of benzene rings is 1. The van der Waals surface area contributed by atoms with Gasteiger partial charge in [-0.2, -0.15) is 0 Å². The molecule has 0 spiro atoms. The standard InChI is InChI=1S/C9H9ClS/c10-9(11)7-6-8-4-2-1-3-5-8/h1-5H,6-7H2. The van der Waals surface area contributed by atoms with Crippen molar-refractivity contribution in [3.63, 3.8) is 0 Å². The van der Waals surface area contributed by atoms with Gasteiger partial charge in [0, 0.05) is 0 Å². The second-order valence-corrected chi connectivity index (χ2v) is 3.51. The van der Waals surface area contributed by atoms with Crippen molar-refractivity contribution in [3.05, 3.63) is 35.9 Å². The van der Waals surface area contributed by atoms with Gasteiger partial charge < -0.3 is 0 Å². The summed E-state index contributed by atoms with van der Waals surface area (Å²) < 4.78 is 0.564. The van der Waals surface area contributed by atoms with Gasteiger partial charge in [-0.15, -0.1) is 0 Å². The van der Waals surface area contributed by atoms with Gasteiger partial charge in [0.25, 0.3) is 0 Å². The van der Waals surface area contributed by atoms with Crippen LogP contribution in [0, 0.1) is 0 Å². The molecule has 0 aliphatic carbocycles. The van der Waals surface area contributed by atoms with Crippen LogP contribution in [0.1, 0.15) is 12.0 Å². The maximum atomic E-state index is 5.56. The van der Waals surface area contributed by atoms with Crippen molar-refractivity contribution >= 4 is 28.1 Å². The molecule has 0 aliphatic heterocycles. The molecular weight excluding hydrogens is 176 g/mol. The second-order valence-electron chi connectivity index (χ2n) is 2.34. The number of hydrogen-bond acceptors (Lipinski definition) is 1. The summed E-state index contributed by atoms with van der Waals surface area (Å²) in [7, 11) is 0. The third-order valence-electron chi connectivity index (χ3n) is 1.45. The summed E-state index contributed by atoms with van der Waals surface area (Å²) in [6.45, 7) is 0. The van der Waals surface area contributed by atoms with E-state index in [2.05, 4.69) is 12.1 Å². The molecule has 0 radical (unpaired) electrons. The van der Waals surface area contributed by atoms with Crippen LogP contribution in [0.2, 0.25) is 0 Å². The van der Waals surface area contributed by atoms with E-state index < -0.39 is 0 Å². The lowest BCUT2D eigenvalue weighted by atomic mass is 10.1. The summed E-state index contributed by atoms with van der Waals surface area (Å²) >= 11 is 10.3. The Labute approximate surface area is 77.2 Å². The Bertz CT molecular complexity index is 231. The van der Waals surface area contributed by atoms with Crippen molar-refractivity contribution in [1.29, 1.82) is 0 Å². The van der Waals surface area contributed by atoms with Crippen molar-refractivity contribution in [2.45, 2.75) is 12.8 Å². The van der Waals surface area contributed by atoms with E-state index >= 15 is 0 Å². The molecule has 0 unspecified atom stereocenters. The van der Waals surface area contributed by atoms with E-state index in [-0.39, 0.29) is 0 Å². The fraction of sp³-hybridized carbons (Fsp3) is 0.222. The fourth-order valence-electron chi connectivity index (χ4n) is 0.887. The van der Waals surface area contributed by atoms with Crippen LogP contribution in [-0.2, 0) is 6.42 Å². The summed E-state index contributed by atoms with van der Waals surface area (Å²) in [5.41, 5.74) is 1.29. The van der Waals surface area contributed by atoms with Crippen molar-refractivity contribution in [2.75, 3.05) is 0 Å². The minimum atomic E-state index is 0.564. The molecule has 0 atom stereocenters. The van der Waals surface area contributed by atoms with Gasteiger partial charge in [0.2, 0.25) is 0 Å². The van der Waals surface area contributed by atoms with Crippen LogP contribution in [0.15, 0.2) is 30.3 Å². The topological polar surface area (TPSA) is 0 Å². The predicted octanol–water partition coefficient (Wildman–Crippen LogP) is 3.19. The number of thiocarbonyl (C=S) groups is 1. The Kier molecular flexibility index (Phi) is 3.53. The lowest BCUT2D eigenvalue weighted by Gasteiger charge is -1.96. The molecule has 0 bridgehead atoms. The first-order chi connectivity index (χ1) is 5.29. The monoisotopic (exact) mass is 184 g/mol. The molecule has 0 fully saturated rings. The zero-order valence-electron chi connectivity index (χ0n) is 6.09. The largest absolute Gasteiger partial charge is 0.0812 e. The lowest BCUT2D eigenvalue weighted by Crippen LogP contribution is -1.88. The second kappa shape index (κ2) is 4.47. The minimum absolute atomic E-state index is 0.564. The zero-order chi connectivity index (χ0) is 8.10. The maximum Gasteiger partial charge on any atom is 0.0812 e. The molecule has 58 valence electrons. The molecule has 11 heavy (non-hydrogen) atoms. The first kappa shape index (κ1) is 8.69. The highest BCUT2D eigenvalue weighted by atomic mass is 35.5. The quantitative estimate of drug-likeness (QED) is 0.514. The van der Waals surface area contributed by atoms with Crippen LogP contribution in [0.3, 0.4) is 0 Å². The highest BCUT2D eigenvalue weighted by Gasteiger charge is 1.93. The molecule has 1 aromatic rings. The van der Waals surface area contributed by atoms with Crippen LogP contribution in [0.25, 0.3) is 0 Å². The molecule has 2 heteroatoms. The predicted molar refractivity (Wildman–Crippen MR) is 53.2 cm³/mol. The molecule has 0 aliphatic rings. The first-order valence-corrected chi connectivity index (χ1v) is 4.30. The summed E-state index contributed by atoms with van der Waals surface area (Å²) in [6.07, 6.45) is 1.74. The highest BCUT2D eigenvalue weighted by Crippen LogP contribution is 2.04. The molecule has 0 heterocycles. The molecule has 0 amide bonds. The zero-order valence-corrected chi connectivity index (χ0v) is 7.66. The molecular formula is C9H9ClS. The number of hydrogen-bond donors (Lipinski definition) is 0. The molecule has 0 aromatic heterocycles. The van der Waals surface area contributed by atoms with Crippen LogP contribution in [0.4, 0.5) is 0 Å². The Hall–Kier alpha value is -0.400. The number of halogens is 1.